The number of benzene rings is 1. The fourth-order valence-electron chi connectivity index (χ4n) is 1.02. The van der Waals surface area contributed by atoms with Gasteiger partial charge in [0.1, 0.15) is 0 Å². The molecule has 1 aromatic carbocycles. The van der Waals surface area contributed by atoms with E-state index in [0.29, 0.717) is 16.5 Å². The summed E-state index contributed by atoms with van der Waals surface area (Å²) in [5.74, 6) is 0. The van der Waals surface area contributed by atoms with Crippen molar-refractivity contribution in [2.24, 2.45) is 5.10 Å². The molecule has 0 aliphatic carbocycles. The van der Waals surface area contributed by atoms with E-state index in [1.807, 2.05) is 32.3 Å². The van der Waals surface area contributed by atoms with Crippen LogP contribution in [0.25, 0.3) is 0 Å². The van der Waals surface area contributed by atoms with E-state index < -0.39 is 0 Å². The summed E-state index contributed by atoms with van der Waals surface area (Å²) in [6.45, 7) is 0. The van der Waals surface area contributed by atoms with Crippen molar-refractivity contribution < 1.29 is 0 Å². The first-order chi connectivity index (χ1) is 6.61. The number of nitrogens with zero attached hydrogens (tertiary/aromatic N) is 2. The van der Waals surface area contributed by atoms with Gasteiger partial charge in [0.05, 0.1) is 0 Å². The smallest absolute Gasteiger partial charge is 0.0456 e. The number of hydrogen-bond acceptors (Lipinski definition) is 2. The Hall–Kier alpha value is -0.730. The summed E-state index contributed by atoms with van der Waals surface area (Å²) in [4.78, 5) is 0. The van der Waals surface area contributed by atoms with Gasteiger partial charge in [-0.05, 0) is 17.7 Å². The number of halogens is 2. The number of hydrazone groups is 1. The summed E-state index contributed by atoms with van der Waals surface area (Å²) in [6, 6.07) is 5.48. The first-order valence-electron chi connectivity index (χ1n) is 4.24. The fraction of sp³-hybridized carbons (Fsp3) is 0.300. The lowest BCUT2D eigenvalue weighted by Gasteiger charge is -2.05. The predicted molar refractivity (Wildman–Crippen MR) is 62.3 cm³/mol. The van der Waals surface area contributed by atoms with Crippen LogP contribution in [0.2, 0.25) is 10.0 Å². The van der Waals surface area contributed by atoms with Crippen LogP contribution in [0.1, 0.15) is 5.56 Å². The van der Waals surface area contributed by atoms with Gasteiger partial charge in [0.25, 0.3) is 0 Å². The molecule has 0 saturated heterocycles. The molecule has 0 saturated carbocycles. The van der Waals surface area contributed by atoms with E-state index in [1.54, 1.807) is 11.2 Å². The standard InChI is InChI=1S/C10H12Cl2N2/c1-14(2)13-7-6-8-9(11)4-3-5-10(8)12/h3-5,7H,6H2,1-2H3. The summed E-state index contributed by atoms with van der Waals surface area (Å²) in [6.07, 6.45) is 2.43. The van der Waals surface area contributed by atoms with Crippen molar-refractivity contribution in [1.82, 2.24) is 5.01 Å². The van der Waals surface area contributed by atoms with Crippen LogP contribution >= 0.6 is 23.2 Å². The molecule has 14 heavy (non-hydrogen) atoms. The molecule has 0 fully saturated rings. The molecule has 0 atom stereocenters. The molecule has 4 heteroatoms. The molecule has 0 unspecified atom stereocenters. The van der Waals surface area contributed by atoms with Crippen LogP contribution < -0.4 is 0 Å². The van der Waals surface area contributed by atoms with Gasteiger partial charge in [-0.25, -0.2) is 0 Å². The quantitative estimate of drug-likeness (QED) is 0.576. The molecule has 2 nitrogen and oxygen atoms in total. The van der Waals surface area contributed by atoms with Crippen LogP contribution in [0.15, 0.2) is 23.3 Å². The van der Waals surface area contributed by atoms with E-state index in [2.05, 4.69) is 5.10 Å². The zero-order valence-corrected chi connectivity index (χ0v) is 9.68. The van der Waals surface area contributed by atoms with E-state index in [4.69, 9.17) is 23.2 Å². The lowest BCUT2D eigenvalue weighted by Crippen LogP contribution is -2.02. The van der Waals surface area contributed by atoms with Crippen molar-refractivity contribution in [3.8, 4) is 0 Å². The maximum absolute atomic E-state index is 5.99. The summed E-state index contributed by atoms with van der Waals surface area (Å²) in [5.41, 5.74) is 0.918. The van der Waals surface area contributed by atoms with Gasteiger partial charge in [0.2, 0.25) is 0 Å². The molecule has 0 aromatic heterocycles. The largest absolute Gasteiger partial charge is 0.303 e. The van der Waals surface area contributed by atoms with Crippen molar-refractivity contribution in [3.05, 3.63) is 33.8 Å². The molecule has 1 aromatic rings. The van der Waals surface area contributed by atoms with Gasteiger partial charge in [-0.1, -0.05) is 29.3 Å². The van der Waals surface area contributed by atoms with Gasteiger partial charge < -0.3 is 5.01 Å². The van der Waals surface area contributed by atoms with Crippen LogP contribution in [-0.4, -0.2) is 25.3 Å². The molecule has 0 amide bonds. The van der Waals surface area contributed by atoms with E-state index in [9.17, 15) is 0 Å². The predicted octanol–water partition coefficient (Wildman–Crippen LogP) is 3.08. The minimum absolute atomic E-state index is 0.649. The number of rotatable bonds is 3. The maximum Gasteiger partial charge on any atom is 0.0456 e. The van der Waals surface area contributed by atoms with E-state index in [0.717, 1.165) is 5.56 Å². The second-order valence-corrected chi connectivity index (χ2v) is 3.86. The average molecular weight is 231 g/mol. The van der Waals surface area contributed by atoms with E-state index in [1.165, 1.54) is 0 Å². The van der Waals surface area contributed by atoms with Crippen LogP contribution in [0.5, 0.6) is 0 Å². The van der Waals surface area contributed by atoms with Gasteiger partial charge >= 0.3 is 0 Å². The van der Waals surface area contributed by atoms with Gasteiger partial charge in [-0.2, -0.15) is 5.10 Å². The summed E-state index contributed by atoms with van der Waals surface area (Å²) >= 11 is 12.0. The molecule has 0 N–H and O–H groups in total. The summed E-state index contributed by atoms with van der Waals surface area (Å²) in [7, 11) is 3.73. The molecular weight excluding hydrogens is 219 g/mol. The summed E-state index contributed by atoms with van der Waals surface area (Å²) in [5, 5.41) is 7.19. The van der Waals surface area contributed by atoms with Crippen LogP contribution in [0.3, 0.4) is 0 Å². The van der Waals surface area contributed by atoms with Gasteiger partial charge in [-0.3, -0.25) is 0 Å². The second kappa shape index (κ2) is 5.23. The lowest BCUT2D eigenvalue weighted by atomic mass is 10.2. The fourth-order valence-corrected chi connectivity index (χ4v) is 1.57. The molecule has 1 rings (SSSR count). The second-order valence-electron chi connectivity index (χ2n) is 3.05. The molecular formula is C10H12Cl2N2. The Balaban J connectivity index is 2.76. The third-order valence-corrected chi connectivity index (χ3v) is 2.38. The monoisotopic (exact) mass is 230 g/mol. The first kappa shape index (κ1) is 11.3. The normalized spacial score (nSPS) is 10.9. The Morgan fingerprint density at radius 3 is 2.36 bits per heavy atom. The zero-order valence-electron chi connectivity index (χ0n) is 8.17. The zero-order chi connectivity index (χ0) is 10.6. The third kappa shape index (κ3) is 3.20. The molecule has 0 heterocycles. The number of hydrogen-bond donors (Lipinski definition) is 0. The van der Waals surface area contributed by atoms with Crippen molar-refractivity contribution in [3.63, 3.8) is 0 Å². The van der Waals surface area contributed by atoms with E-state index in [-0.39, 0.29) is 0 Å². The maximum atomic E-state index is 5.99. The molecule has 0 aliphatic rings. The van der Waals surface area contributed by atoms with Gasteiger partial charge in [-0.15, -0.1) is 0 Å². The molecule has 0 radical (unpaired) electrons. The molecule has 0 aliphatic heterocycles. The molecule has 0 spiro atoms. The Morgan fingerprint density at radius 2 is 1.86 bits per heavy atom. The minimum atomic E-state index is 0.649. The highest BCUT2D eigenvalue weighted by Crippen LogP contribution is 2.23. The van der Waals surface area contributed by atoms with Crippen molar-refractivity contribution in [2.45, 2.75) is 6.42 Å². The SMILES string of the molecule is CN(C)N=CCc1c(Cl)cccc1Cl. The van der Waals surface area contributed by atoms with Gasteiger partial charge in [0.15, 0.2) is 0 Å². The molecule has 76 valence electrons. The van der Waals surface area contributed by atoms with Crippen molar-refractivity contribution in [2.75, 3.05) is 14.1 Å². The van der Waals surface area contributed by atoms with E-state index >= 15 is 0 Å². The van der Waals surface area contributed by atoms with Gasteiger partial charge in [0, 0.05) is 36.8 Å². The Kier molecular flexibility index (Phi) is 4.23. The average Bonchev–Trinajstić information content (AvgIpc) is 2.09. The highest BCUT2D eigenvalue weighted by molar-refractivity contribution is 6.36. The van der Waals surface area contributed by atoms with Crippen molar-refractivity contribution >= 4 is 29.4 Å². The third-order valence-electron chi connectivity index (χ3n) is 1.67. The van der Waals surface area contributed by atoms with Crippen LogP contribution in [0, 0.1) is 0 Å². The van der Waals surface area contributed by atoms with Crippen molar-refractivity contribution in [1.29, 1.82) is 0 Å². The highest BCUT2D eigenvalue weighted by Gasteiger charge is 2.02. The minimum Gasteiger partial charge on any atom is -0.303 e. The Bertz CT molecular complexity index is 315. The highest BCUT2D eigenvalue weighted by atomic mass is 35.5. The summed E-state index contributed by atoms with van der Waals surface area (Å²) < 4.78 is 0. The Labute approximate surface area is 94.1 Å². The molecule has 0 bridgehead atoms. The topological polar surface area (TPSA) is 15.6 Å². The van der Waals surface area contributed by atoms with Crippen LogP contribution in [-0.2, 0) is 6.42 Å². The lowest BCUT2D eigenvalue weighted by molar-refractivity contribution is 0.439. The Morgan fingerprint density at radius 1 is 1.29 bits per heavy atom. The first-order valence-corrected chi connectivity index (χ1v) is 4.99. The van der Waals surface area contributed by atoms with Crippen LogP contribution in [0.4, 0.5) is 0 Å².